The van der Waals surface area contributed by atoms with E-state index in [0.717, 1.165) is 12.3 Å². The molecule has 0 aliphatic carbocycles. The monoisotopic (exact) mass is 350 g/mol. The lowest BCUT2D eigenvalue weighted by Crippen LogP contribution is -2.08. The van der Waals surface area contributed by atoms with Crippen LogP contribution < -0.4 is 5.63 Å². The first-order valence-electron chi connectivity index (χ1n) is 7.73. The number of carbonyl (C=O) groups is 2. The third-order valence-electron chi connectivity index (χ3n) is 3.76. The van der Waals surface area contributed by atoms with Gasteiger partial charge in [-0.1, -0.05) is 42.5 Å². The van der Waals surface area contributed by atoms with Crippen LogP contribution >= 0.6 is 0 Å². The fourth-order valence-corrected chi connectivity index (χ4v) is 2.51. The van der Waals surface area contributed by atoms with Gasteiger partial charge < -0.3 is 14.3 Å². The SMILES string of the molecule is O=C(OCc1ccccc1-c1ccccc1C(=O)O)c1ccc(=O)oc1. The van der Waals surface area contributed by atoms with Gasteiger partial charge >= 0.3 is 17.6 Å². The minimum atomic E-state index is -1.04. The van der Waals surface area contributed by atoms with Crippen LogP contribution in [-0.2, 0) is 11.3 Å². The fraction of sp³-hybridized carbons (Fsp3) is 0.0500. The highest BCUT2D eigenvalue weighted by molar-refractivity contribution is 5.96. The Morgan fingerprint density at radius 1 is 0.923 bits per heavy atom. The number of carboxylic acids is 1. The van der Waals surface area contributed by atoms with Crippen molar-refractivity contribution in [1.29, 1.82) is 0 Å². The van der Waals surface area contributed by atoms with Gasteiger partial charge in [0.1, 0.15) is 12.9 Å². The van der Waals surface area contributed by atoms with Gasteiger partial charge in [-0.25, -0.2) is 14.4 Å². The van der Waals surface area contributed by atoms with E-state index in [1.807, 2.05) is 0 Å². The van der Waals surface area contributed by atoms with Crippen molar-refractivity contribution in [2.24, 2.45) is 0 Å². The molecule has 0 saturated heterocycles. The molecule has 0 aliphatic heterocycles. The fourth-order valence-electron chi connectivity index (χ4n) is 2.51. The van der Waals surface area contributed by atoms with Crippen LogP contribution in [0.2, 0.25) is 0 Å². The maximum atomic E-state index is 12.1. The summed E-state index contributed by atoms with van der Waals surface area (Å²) in [5.74, 6) is -1.68. The molecule has 1 aromatic heterocycles. The van der Waals surface area contributed by atoms with Crippen LogP contribution in [0, 0.1) is 0 Å². The van der Waals surface area contributed by atoms with Crippen LogP contribution in [0.15, 0.2) is 76.1 Å². The molecule has 0 aliphatic rings. The van der Waals surface area contributed by atoms with Crippen molar-refractivity contribution >= 4 is 11.9 Å². The van der Waals surface area contributed by atoms with E-state index in [9.17, 15) is 19.5 Å². The van der Waals surface area contributed by atoms with E-state index in [1.165, 1.54) is 12.1 Å². The average molecular weight is 350 g/mol. The summed E-state index contributed by atoms with van der Waals surface area (Å²) in [7, 11) is 0. The van der Waals surface area contributed by atoms with Gasteiger partial charge in [0.2, 0.25) is 0 Å². The van der Waals surface area contributed by atoms with Gasteiger partial charge in [0, 0.05) is 6.07 Å². The normalized spacial score (nSPS) is 10.3. The molecular weight excluding hydrogens is 336 g/mol. The van der Waals surface area contributed by atoms with Crippen molar-refractivity contribution in [1.82, 2.24) is 0 Å². The largest absolute Gasteiger partial charge is 0.478 e. The molecule has 0 saturated carbocycles. The molecule has 2 aromatic carbocycles. The third-order valence-corrected chi connectivity index (χ3v) is 3.76. The first-order chi connectivity index (χ1) is 12.6. The topological polar surface area (TPSA) is 93.8 Å². The van der Waals surface area contributed by atoms with E-state index in [4.69, 9.17) is 4.74 Å². The van der Waals surface area contributed by atoms with Crippen molar-refractivity contribution in [2.45, 2.75) is 6.61 Å². The molecule has 1 N–H and O–H groups in total. The van der Waals surface area contributed by atoms with E-state index in [0.29, 0.717) is 16.7 Å². The quantitative estimate of drug-likeness (QED) is 0.709. The summed E-state index contributed by atoms with van der Waals surface area (Å²) < 4.78 is 9.91. The summed E-state index contributed by atoms with van der Waals surface area (Å²) in [6.45, 7) is -0.0535. The zero-order valence-electron chi connectivity index (χ0n) is 13.5. The molecule has 0 bridgehead atoms. The first kappa shape index (κ1) is 17.2. The van der Waals surface area contributed by atoms with Gasteiger partial charge in [0.05, 0.1) is 11.1 Å². The lowest BCUT2D eigenvalue weighted by atomic mass is 9.96. The lowest BCUT2D eigenvalue weighted by molar-refractivity contribution is 0.0469. The Hall–Kier alpha value is -3.67. The van der Waals surface area contributed by atoms with Gasteiger partial charge in [-0.15, -0.1) is 0 Å². The van der Waals surface area contributed by atoms with Crippen molar-refractivity contribution in [3.05, 3.63) is 94.0 Å². The van der Waals surface area contributed by atoms with E-state index in [-0.39, 0.29) is 17.7 Å². The molecule has 0 unspecified atom stereocenters. The van der Waals surface area contributed by atoms with Crippen LogP contribution in [-0.4, -0.2) is 17.0 Å². The maximum absolute atomic E-state index is 12.1. The number of carboxylic acid groups (broad SMARTS) is 1. The smallest absolute Gasteiger partial charge is 0.341 e. The first-order valence-corrected chi connectivity index (χ1v) is 7.73. The van der Waals surface area contributed by atoms with Crippen molar-refractivity contribution in [3.63, 3.8) is 0 Å². The molecule has 130 valence electrons. The second-order valence-corrected chi connectivity index (χ2v) is 5.43. The average Bonchev–Trinajstić information content (AvgIpc) is 2.67. The number of benzene rings is 2. The van der Waals surface area contributed by atoms with E-state index in [1.54, 1.807) is 42.5 Å². The third kappa shape index (κ3) is 3.70. The molecule has 3 aromatic rings. The number of aromatic carboxylic acids is 1. The molecule has 1 heterocycles. The highest BCUT2D eigenvalue weighted by atomic mass is 16.5. The summed E-state index contributed by atoms with van der Waals surface area (Å²) in [5, 5.41) is 9.39. The summed E-state index contributed by atoms with van der Waals surface area (Å²) >= 11 is 0. The lowest BCUT2D eigenvalue weighted by Gasteiger charge is -2.12. The number of carbonyl (C=O) groups excluding carboxylic acids is 1. The van der Waals surface area contributed by atoms with Gasteiger partial charge in [-0.3, -0.25) is 0 Å². The van der Waals surface area contributed by atoms with Gasteiger partial charge in [0.25, 0.3) is 0 Å². The highest BCUT2D eigenvalue weighted by Gasteiger charge is 2.15. The second-order valence-electron chi connectivity index (χ2n) is 5.43. The highest BCUT2D eigenvalue weighted by Crippen LogP contribution is 2.28. The molecule has 0 radical (unpaired) electrons. The van der Waals surface area contributed by atoms with Crippen LogP contribution in [0.3, 0.4) is 0 Å². The molecule has 0 fully saturated rings. The minimum Gasteiger partial charge on any atom is -0.478 e. The van der Waals surface area contributed by atoms with Crippen LogP contribution in [0.1, 0.15) is 26.3 Å². The summed E-state index contributed by atoms with van der Waals surface area (Å²) in [6.07, 6.45) is 1.04. The molecule has 6 nitrogen and oxygen atoms in total. The number of esters is 1. The van der Waals surface area contributed by atoms with E-state index < -0.39 is 17.6 Å². The molecule has 0 atom stereocenters. The summed E-state index contributed by atoms with van der Waals surface area (Å²) in [4.78, 5) is 34.5. The molecule has 26 heavy (non-hydrogen) atoms. The Bertz CT molecular complexity index is 998. The summed E-state index contributed by atoms with van der Waals surface area (Å²) in [6, 6.07) is 16.2. The number of hydrogen-bond donors (Lipinski definition) is 1. The maximum Gasteiger partial charge on any atom is 0.341 e. The standard InChI is InChI=1S/C20H14O6/c21-18-10-9-14(12-25-18)20(24)26-11-13-5-1-2-6-15(13)16-7-3-4-8-17(16)19(22)23/h1-10,12H,11H2,(H,22,23). The molecular formula is C20H14O6. The van der Waals surface area contributed by atoms with Gasteiger partial charge in [0.15, 0.2) is 0 Å². The Labute approximate surface area is 148 Å². The van der Waals surface area contributed by atoms with Crippen LogP contribution in [0.4, 0.5) is 0 Å². The Kier molecular flexibility index (Phi) is 4.94. The molecule has 3 rings (SSSR count). The Balaban J connectivity index is 1.87. The minimum absolute atomic E-state index is 0.0535. The van der Waals surface area contributed by atoms with Crippen molar-refractivity contribution in [2.75, 3.05) is 0 Å². The number of hydrogen-bond acceptors (Lipinski definition) is 5. The molecule has 0 spiro atoms. The van der Waals surface area contributed by atoms with Crippen molar-refractivity contribution in [3.8, 4) is 11.1 Å². The second kappa shape index (κ2) is 7.48. The van der Waals surface area contributed by atoms with Gasteiger partial charge in [-0.05, 0) is 28.8 Å². The Morgan fingerprint density at radius 3 is 2.31 bits per heavy atom. The molecule has 6 heteroatoms. The zero-order valence-corrected chi connectivity index (χ0v) is 13.5. The van der Waals surface area contributed by atoms with Crippen LogP contribution in [0.5, 0.6) is 0 Å². The summed E-state index contributed by atoms with van der Waals surface area (Å²) in [5.41, 5.74) is 1.59. The van der Waals surface area contributed by atoms with E-state index >= 15 is 0 Å². The predicted molar refractivity (Wildman–Crippen MR) is 92.9 cm³/mol. The van der Waals surface area contributed by atoms with Gasteiger partial charge in [-0.2, -0.15) is 0 Å². The number of ether oxygens (including phenoxy) is 1. The van der Waals surface area contributed by atoms with Crippen LogP contribution in [0.25, 0.3) is 11.1 Å². The molecule has 0 amide bonds. The zero-order chi connectivity index (χ0) is 18.5. The predicted octanol–water partition coefficient (Wildman–Crippen LogP) is 3.36. The van der Waals surface area contributed by atoms with Crippen molar-refractivity contribution < 1.29 is 23.8 Å². The van der Waals surface area contributed by atoms with E-state index in [2.05, 4.69) is 4.42 Å². The number of rotatable bonds is 5. The Morgan fingerprint density at radius 2 is 1.62 bits per heavy atom.